The average molecular weight is 384 g/mol. The molecule has 0 unspecified atom stereocenters. The van der Waals surface area contributed by atoms with E-state index in [0.29, 0.717) is 17.5 Å². The molecule has 0 spiro atoms. The van der Waals surface area contributed by atoms with Crippen LogP contribution in [0, 0.1) is 30.6 Å². The van der Waals surface area contributed by atoms with Crippen LogP contribution in [0.5, 0.6) is 0 Å². The zero-order valence-electron chi connectivity index (χ0n) is 15.8. The molecule has 4 atom stereocenters. The van der Waals surface area contributed by atoms with E-state index in [1.165, 1.54) is 4.90 Å². The van der Waals surface area contributed by atoms with Crippen molar-refractivity contribution >= 4 is 29.4 Å². The number of carbonyl (C=O) groups is 4. The van der Waals surface area contributed by atoms with Gasteiger partial charge in [-0.15, -0.1) is 0 Å². The van der Waals surface area contributed by atoms with Gasteiger partial charge in [0.05, 0.1) is 18.3 Å². The Balaban J connectivity index is 1.24. The summed E-state index contributed by atoms with van der Waals surface area (Å²) in [5.41, 5.74) is 1.57. The lowest BCUT2D eigenvalue weighted by atomic mass is 9.81. The fourth-order valence-electron chi connectivity index (χ4n) is 5.01. The number of likely N-dealkylation sites (tertiary alicyclic amines) is 1. The lowest BCUT2D eigenvalue weighted by Crippen LogP contribution is -2.35. The van der Waals surface area contributed by atoms with Crippen molar-refractivity contribution < 1.29 is 23.9 Å². The molecule has 1 aromatic rings. The van der Waals surface area contributed by atoms with E-state index in [4.69, 9.17) is 4.74 Å². The van der Waals surface area contributed by atoms with Crippen molar-refractivity contribution in [3.05, 3.63) is 29.8 Å². The molecule has 2 bridgehead atoms. The summed E-state index contributed by atoms with van der Waals surface area (Å²) < 4.78 is 4.99. The molecule has 7 heteroatoms. The summed E-state index contributed by atoms with van der Waals surface area (Å²) in [6.07, 6.45) is 2.94. The smallest absolute Gasteiger partial charge is 0.308 e. The molecule has 0 aromatic heterocycles. The van der Waals surface area contributed by atoms with Crippen LogP contribution in [0.2, 0.25) is 0 Å². The van der Waals surface area contributed by atoms with Crippen molar-refractivity contribution in [3.63, 3.8) is 0 Å². The van der Waals surface area contributed by atoms with Gasteiger partial charge in [-0.05, 0) is 49.7 Å². The molecule has 3 amide bonds. The highest BCUT2D eigenvalue weighted by Crippen LogP contribution is 2.56. The molecule has 2 saturated carbocycles. The Labute approximate surface area is 163 Å². The molecule has 1 saturated heterocycles. The average Bonchev–Trinajstić information content (AvgIpc) is 3.35. The van der Waals surface area contributed by atoms with Crippen molar-refractivity contribution in [3.8, 4) is 0 Å². The number of carbonyl (C=O) groups excluding carboxylic acids is 4. The molecule has 2 aliphatic carbocycles. The first-order valence-electron chi connectivity index (χ1n) is 9.82. The number of amides is 3. The molecule has 3 aliphatic rings. The van der Waals surface area contributed by atoms with Crippen LogP contribution in [0.15, 0.2) is 24.3 Å². The van der Waals surface area contributed by atoms with Gasteiger partial charge in [0.25, 0.3) is 5.91 Å². The monoisotopic (exact) mass is 384 g/mol. The first kappa shape index (κ1) is 18.7. The Hall–Kier alpha value is -2.70. The minimum Gasteiger partial charge on any atom is -0.456 e. The van der Waals surface area contributed by atoms with E-state index < -0.39 is 18.5 Å². The van der Waals surface area contributed by atoms with E-state index in [2.05, 4.69) is 5.32 Å². The minimum absolute atomic E-state index is 0.0301. The molecule has 1 N–H and O–H groups in total. The molecule has 28 heavy (non-hydrogen) atoms. The van der Waals surface area contributed by atoms with Crippen molar-refractivity contribution in [2.45, 2.75) is 32.6 Å². The number of benzene rings is 1. The molecule has 1 heterocycles. The van der Waals surface area contributed by atoms with Gasteiger partial charge < -0.3 is 10.1 Å². The first-order chi connectivity index (χ1) is 13.5. The Morgan fingerprint density at radius 2 is 1.75 bits per heavy atom. The molecule has 7 nitrogen and oxygen atoms in total. The van der Waals surface area contributed by atoms with E-state index in [1.807, 2.05) is 19.1 Å². The van der Waals surface area contributed by atoms with E-state index in [-0.39, 0.29) is 36.6 Å². The second kappa shape index (κ2) is 7.37. The van der Waals surface area contributed by atoms with Gasteiger partial charge in [-0.3, -0.25) is 24.1 Å². The molecule has 3 fully saturated rings. The van der Waals surface area contributed by atoms with Crippen molar-refractivity contribution in [1.82, 2.24) is 4.90 Å². The van der Waals surface area contributed by atoms with Crippen molar-refractivity contribution in [2.24, 2.45) is 23.7 Å². The second-order valence-corrected chi connectivity index (χ2v) is 7.99. The maximum atomic E-state index is 12.6. The van der Waals surface area contributed by atoms with Crippen molar-refractivity contribution in [2.75, 3.05) is 18.5 Å². The summed E-state index contributed by atoms with van der Waals surface area (Å²) in [6, 6.07) is 7.31. The summed E-state index contributed by atoms with van der Waals surface area (Å²) in [5.74, 6) is -0.992. The van der Waals surface area contributed by atoms with E-state index >= 15 is 0 Å². The van der Waals surface area contributed by atoms with Gasteiger partial charge in [-0.25, -0.2) is 0 Å². The predicted molar refractivity (Wildman–Crippen MR) is 99.9 cm³/mol. The highest BCUT2D eigenvalue weighted by molar-refractivity contribution is 6.06. The highest BCUT2D eigenvalue weighted by atomic mass is 16.5. The number of ether oxygens (including phenoxy) is 1. The maximum Gasteiger partial charge on any atom is 0.308 e. The number of para-hydroxylation sites is 1. The van der Waals surface area contributed by atoms with Gasteiger partial charge in [-0.1, -0.05) is 18.2 Å². The van der Waals surface area contributed by atoms with Crippen LogP contribution in [0.25, 0.3) is 0 Å². The summed E-state index contributed by atoms with van der Waals surface area (Å²) >= 11 is 0. The summed E-state index contributed by atoms with van der Waals surface area (Å²) in [7, 11) is 0. The van der Waals surface area contributed by atoms with E-state index in [0.717, 1.165) is 24.8 Å². The Bertz CT molecular complexity index is 808. The number of aryl methyl sites for hydroxylation is 1. The number of rotatable bonds is 6. The molecule has 148 valence electrons. The van der Waals surface area contributed by atoms with E-state index in [9.17, 15) is 19.2 Å². The number of hydrogen-bond donors (Lipinski definition) is 1. The van der Waals surface area contributed by atoms with Gasteiger partial charge in [-0.2, -0.15) is 0 Å². The highest BCUT2D eigenvalue weighted by Gasteiger charge is 2.60. The van der Waals surface area contributed by atoms with Crippen LogP contribution < -0.4 is 5.32 Å². The van der Waals surface area contributed by atoms with Gasteiger partial charge in [0.1, 0.15) is 0 Å². The van der Waals surface area contributed by atoms with Crippen LogP contribution in [-0.4, -0.2) is 41.7 Å². The normalized spacial score (nSPS) is 27.8. The topological polar surface area (TPSA) is 92.8 Å². The fraction of sp³-hybridized carbons (Fsp3) is 0.524. The van der Waals surface area contributed by atoms with Crippen LogP contribution in [-0.2, 0) is 23.9 Å². The third-order valence-corrected chi connectivity index (χ3v) is 6.34. The number of nitrogens with zero attached hydrogens (tertiary/aromatic N) is 1. The molecular weight excluding hydrogens is 360 g/mol. The zero-order valence-corrected chi connectivity index (χ0v) is 15.8. The predicted octanol–water partition coefficient (Wildman–Crippen LogP) is 1.90. The standard InChI is InChI=1S/C21H24N2O5/c1-12-4-2-3-5-15(12)22-16(24)11-28-17(25)8-9-23-20(26)18-13-6-7-14(10-13)19(18)21(23)27/h2-5,13-14,18-19H,6-11H2,1H3,(H,22,24)/t13-,14-,18-,19+/m0/s1. The van der Waals surface area contributed by atoms with Gasteiger partial charge in [0.15, 0.2) is 6.61 Å². The van der Waals surface area contributed by atoms with Crippen molar-refractivity contribution in [1.29, 1.82) is 0 Å². The quantitative estimate of drug-likeness (QED) is 0.597. The third-order valence-electron chi connectivity index (χ3n) is 6.34. The first-order valence-corrected chi connectivity index (χ1v) is 9.82. The Kier molecular flexibility index (Phi) is 4.91. The lowest BCUT2D eigenvalue weighted by Gasteiger charge is -2.19. The molecular formula is C21H24N2O5. The SMILES string of the molecule is Cc1ccccc1NC(=O)COC(=O)CCN1C(=O)[C@@H]2[C@H]3CC[C@@H](C3)[C@@H]2C1=O. The number of anilines is 1. The van der Waals surface area contributed by atoms with Gasteiger partial charge in [0, 0.05) is 12.2 Å². The number of hydrogen-bond acceptors (Lipinski definition) is 5. The van der Waals surface area contributed by atoms with Crippen LogP contribution in [0.4, 0.5) is 5.69 Å². The number of imide groups is 1. The molecule has 1 aliphatic heterocycles. The largest absolute Gasteiger partial charge is 0.456 e. The molecule has 4 rings (SSSR count). The van der Waals surface area contributed by atoms with Gasteiger partial charge in [0.2, 0.25) is 11.8 Å². The van der Waals surface area contributed by atoms with E-state index in [1.54, 1.807) is 12.1 Å². The Morgan fingerprint density at radius 1 is 1.11 bits per heavy atom. The van der Waals surface area contributed by atoms with Crippen LogP contribution >= 0.6 is 0 Å². The molecule has 1 aromatic carbocycles. The molecule has 0 radical (unpaired) electrons. The maximum absolute atomic E-state index is 12.6. The number of fused-ring (bicyclic) bond motifs is 5. The zero-order chi connectivity index (χ0) is 19.8. The third kappa shape index (κ3) is 3.30. The van der Waals surface area contributed by atoms with Crippen LogP contribution in [0.3, 0.4) is 0 Å². The van der Waals surface area contributed by atoms with Gasteiger partial charge >= 0.3 is 5.97 Å². The number of esters is 1. The fourth-order valence-corrected chi connectivity index (χ4v) is 5.01. The second-order valence-electron chi connectivity index (χ2n) is 7.99. The Morgan fingerprint density at radius 3 is 2.39 bits per heavy atom. The van der Waals surface area contributed by atoms with Crippen LogP contribution in [0.1, 0.15) is 31.2 Å². The summed E-state index contributed by atoms with van der Waals surface area (Å²) in [5, 5.41) is 2.69. The minimum atomic E-state index is -0.597. The lowest BCUT2D eigenvalue weighted by molar-refractivity contribution is -0.149. The summed E-state index contributed by atoms with van der Waals surface area (Å²) in [6.45, 7) is 1.50. The number of nitrogens with one attached hydrogen (secondary N) is 1. The summed E-state index contributed by atoms with van der Waals surface area (Å²) in [4.78, 5) is 50.3.